The molecule has 2 aromatic carbocycles. The minimum Gasteiger partial charge on any atom is -0.453 e. The van der Waals surface area contributed by atoms with Crippen molar-refractivity contribution in [2.24, 2.45) is 10.7 Å². The Morgan fingerprint density at radius 1 is 1.00 bits per heavy atom. The van der Waals surface area contributed by atoms with Gasteiger partial charge in [0, 0.05) is 35.3 Å². The third-order valence-corrected chi connectivity index (χ3v) is 6.91. The number of nitrogens with two attached hydrogens (primary N) is 1. The van der Waals surface area contributed by atoms with Crippen LogP contribution in [0.15, 0.2) is 72.1 Å². The topological polar surface area (TPSA) is 87.6 Å². The van der Waals surface area contributed by atoms with Crippen molar-refractivity contribution >= 4 is 11.5 Å². The summed E-state index contributed by atoms with van der Waals surface area (Å²) in [7, 11) is 0. The standard InChI is InChI=1S/C27H19F2N5O2/c28-21-14-17(15-5-10-35-11-6-15)13-20-23(21)36-22-4-3-16(18-2-1-7-31-24(18)29)12-19(22)27(20)25-32-8-9-34(25)26(30)33-27/h1-5,7-9,12-14H,6,10-11H2,(H2,30,33)/t27-/m1/s1. The molecule has 0 unspecified atom stereocenters. The van der Waals surface area contributed by atoms with Gasteiger partial charge < -0.3 is 15.2 Å². The zero-order valence-electron chi connectivity index (χ0n) is 18.9. The molecule has 0 saturated carbocycles. The molecular weight excluding hydrogens is 464 g/mol. The number of pyridine rings is 1. The number of ether oxygens (including phenoxy) is 2. The number of aromatic nitrogens is 3. The second-order valence-corrected chi connectivity index (χ2v) is 8.85. The van der Waals surface area contributed by atoms with Gasteiger partial charge in [-0.3, -0.25) is 4.57 Å². The number of hydrogen-bond acceptors (Lipinski definition) is 6. The van der Waals surface area contributed by atoms with Gasteiger partial charge in [0.1, 0.15) is 5.75 Å². The first-order chi connectivity index (χ1) is 17.6. The molecule has 0 bridgehead atoms. The second-order valence-electron chi connectivity index (χ2n) is 8.85. The molecular formula is C27H19F2N5O2. The van der Waals surface area contributed by atoms with Gasteiger partial charge in [-0.2, -0.15) is 4.39 Å². The molecule has 0 amide bonds. The Hall–Kier alpha value is -4.37. The highest BCUT2D eigenvalue weighted by Gasteiger charge is 2.51. The van der Waals surface area contributed by atoms with Gasteiger partial charge >= 0.3 is 0 Å². The van der Waals surface area contributed by atoms with Gasteiger partial charge in [0.2, 0.25) is 11.9 Å². The smallest absolute Gasteiger partial charge is 0.220 e. The van der Waals surface area contributed by atoms with E-state index < -0.39 is 17.3 Å². The van der Waals surface area contributed by atoms with Gasteiger partial charge in [0.15, 0.2) is 22.9 Å². The van der Waals surface area contributed by atoms with E-state index in [1.54, 1.807) is 47.3 Å². The first-order valence-corrected chi connectivity index (χ1v) is 11.5. The van der Waals surface area contributed by atoms with Crippen LogP contribution in [0.2, 0.25) is 0 Å². The van der Waals surface area contributed by atoms with E-state index in [0.29, 0.717) is 59.0 Å². The molecule has 7 nitrogen and oxygen atoms in total. The van der Waals surface area contributed by atoms with Crippen LogP contribution in [0.25, 0.3) is 16.7 Å². The third-order valence-electron chi connectivity index (χ3n) is 6.91. The van der Waals surface area contributed by atoms with Crippen molar-refractivity contribution in [1.29, 1.82) is 0 Å². The molecule has 9 heteroatoms. The first-order valence-electron chi connectivity index (χ1n) is 11.5. The predicted molar refractivity (Wildman–Crippen MR) is 129 cm³/mol. The number of imidazole rings is 1. The van der Waals surface area contributed by atoms with E-state index in [2.05, 4.69) is 9.97 Å². The molecule has 3 aliphatic heterocycles. The van der Waals surface area contributed by atoms with Crippen molar-refractivity contribution in [2.45, 2.75) is 12.0 Å². The second kappa shape index (κ2) is 7.56. The predicted octanol–water partition coefficient (Wildman–Crippen LogP) is 4.60. The molecule has 0 aliphatic carbocycles. The van der Waals surface area contributed by atoms with Crippen LogP contribution in [0.5, 0.6) is 11.5 Å². The Kier molecular flexibility index (Phi) is 4.40. The monoisotopic (exact) mass is 483 g/mol. The molecule has 2 aromatic heterocycles. The SMILES string of the molecule is NC1=N[C@@]2(c3cc(-c4cccnc4F)ccc3Oc3c(F)cc(C4=CCOCC4)cc32)c2nccn21. The maximum absolute atomic E-state index is 15.7. The lowest BCUT2D eigenvalue weighted by molar-refractivity contribution is 0.161. The lowest BCUT2D eigenvalue weighted by Gasteiger charge is -2.35. The van der Waals surface area contributed by atoms with Gasteiger partial charge in [-0.15, -0.1) is 0 Å². The fourth-order valence-electron chi connectivity index (χ4n) is 5.26. The lowest BCUT2D eigenvalue weighted by atomic mass is 9.78. The number of hydrogen-bond donors (Lipinski definition) is 1. The largest absolute Gasteiger partial charge is 0.453 e. The Balaban J connectivity index is 1.53. The number of aliphatic imine (C=N–C) groups is 1. The first kappa shape index (κ1) is 21.0. The van der Waals surface area contributed by atoms with Crippen molar-refractivity contribution in [3.05, 3.63) is 101 Å². The van der Waals surface area contributed by atoms with Crippen LogP contribution in [0, 0.1) is 11.8 Å². The zero-order valence-corrected chi connectivity index (χ0v) is 18.9. The average Bonchev–Trinajstić information content (AvgIpc) is 3.49. The van der Waals surface area contributed by atoms with E-state index in [4.69, 9.17) is 20.2 Å². The fourth-order valence-corrected chi connectivity index (χ4v) is 5.26. The molecule has 2 N–H and O–H groups in total. The zero-order chi connectivity index (χ0) is 24.4. The van der Waals surface area contributed by atoms with Gasteiger partial charge in [-0.1, -0.05) is 12.1 Å². The van der Waals surface area contributed by atoms with E-state index in [-0.39, 0.29) is 11.7 Å². The van der Waals surface area contributed by atoms with Crippen LogP contribution in [0.1, 0.15) is 28.9 Å². The van der Waals surface area contributed by atoms with Gasteiger partial charge in [0.05, 0.1) is 13.2 Å². The Morgan fingerprint density at radius 3 is 2.72 bits per heavy atom. The van der Waals surface area contributed by atoms with E-state index >= 15 is 4.39 Å². The van der Waals surface area contributed by atoms with Crippen LogP contribution >= 0.6 is 0 Å². The molecule has 4 aromatic rings. The highest BCUT2D eigenvalue weighted by Crippen LogP contribution is 2.55. The summed E-state index contributed by atoms with van der Waals surface area (Å²) < 4.78 is 43.5. The average molecular weight is 483 g/mol. The van der Waals surface area contributed by atoms with Gasteiger partial charge in [-0.05, 0) is 59.5 Å². The molecule has 3 aliphatic rings. The number of nitrogens with zero attached hydrogens (tertiary/aromatic N) is 4. The third kappa shape index (κ3) is 2.83. The van der Waals surface area contributed by atoms with Crippen molar-refractivity contribution in [3.8, 4) is 22.6 Å². The number of benzene rings is 2. The van der Waals surface area contributed by atoms with Crippen molar-refractivity contribution in [2.75, 3.05) is 13.2 Å². The molecule has 36 heavy (non-hydrogen) atoms. The summed E-state index contributed by atoms with van der Waals surface area (Å²) in [6.07, 6.45) is 7.34. The highest BCUT2D eigenvalue weighted by atomic mass is 19.1. The maximum Gasteiger partial charge on any atom is 0.220 e. The van der Waals surface area contributed by atoms with Crippen LogP contribution in [0.3, 0.4) is 0 Å². The maximum atomic E-state index is 15.7. The summed E-state index contributed by atoms with van der Waals surface area (Å²) in [5.74, 6) is 0.0654. The molecule has 7 rings (SSSR count). The molecule has 5 heterocycles. The lowest BCUT2D eigenvalue weighted by Crippen LogP contribution is -2.31. The van der Waals surface area contributed by atoms with Crippen molar-refractivity contribution in [3.63, 3.8) is 0 Å². The summed E-state index contributed by atoms with van der Waals surface area (Å²) in [5, 5.41) is 0. The number of halogens is 2. The van der Waals surface area contributed by atoms with E-state index in [9.17, 15) is 4.39 Å². The minimum absolute atomic E-state index is 0.0622. The number of fused-ring (bicyclic) bond motifs is 6. The van der Waals surface area contributed by atoms with E-state index in [1.807, 2.05) is 12.1 Å². The summed E-state index contributed by atoms with van der Waals surface area (Å²) in [4.78, 5) is 13.2. The van der Waals surface area contributed by atoms with Crippen LogP contribution in [-0.4, -0.2) is 33.7 Å². The Bertz CT molecular complexity index is 1630. The van der Waals surface area contributed by atoms with E-state index in [0.717, 1.165) is 5.57 Å². The molecule has 1 atom stereocenters. The van der Waals surface area contributed by atoms with Crippen LogP contribution in [0.4, 0.5) is 8.78 Å². The summed E-state index contributed by atoms with van der Waals surface area (Å²) in [5.41, 5.74) is 8.72. The fraction of sp³-hybridized carbons (Fsp3) is 0.148. The Morgan fingerprint density at radius 2 is 1.89 bits per heavy atom. The minimum atomic E-state index is -1.28. The van der Waals surface area contributed by atoms with Crippen molar-refractivity contribution in [1.82, 2.24) is 14.5 Å². The highest BCUT2D eigenvalue weighted by molar-refractivity contribution is 5.87. The normalized spacial score (nSPS) is 19.7. The molecule has 178 valence electrons. The Labute approximate surface area is 204 Å². The van der Waals surface area contributed by atoms with Crippen LogP contribution in [-0.2, 0) is 10.3 Å². The van der Waals surface area contributed by atoms with Crippen LogP contribution < -0.4 is 10.5 Å². The summed E-state index contributed by atoms with van der Waals surface area (Å²) in [6, 6.07) is 11.9. The summed E-state index contributed by atoms with van der Waals surface area (Å²) in [6.45, 7) is 1.03. The van der Waals surface area contributed by atoms with Gasteiger partial charge in [0.25, 0.3) is 0 Å². The molecule has 0 fully saturated rings. The molecule has 1 spiro atoms. The quantitative estimate of drug-likeness (QED) is 0.421. The molecule has 0 saturated heterocycles. The van der Waals surface area contributed by atoms with Crippen molar-refractivity contribution < 1.29 is 18.3 Å². The van der Waals surface area contributed by atoms with E-state index in [1.165, 1.54) is 12.3 Å². The van der Waals surface area contributed by atoms with Gasteiger partial charge in [-0.25, -0.2) is 19.4 Å². The summed E-state index contributed by atoms with van der Waals surface area (Å²) >= 11 is 0. The number of rotatable bonds is 2. The molecule has 0 radical (unpaired) electrons.